The average molecular weight is 226 g/mol. The van der Waals surface area contributed by atoms with E-state index in [1.54, 1.807) is 0 Å². The molecule has 0 aromatic carbocycles. The maximum Gasteiger partial charge on any atom is 0.170 e. The van der Waals surface area contributed by atoms with Gasteiger partial charge >= 0.3 is 0 Å². The van der Waals surface area contributed by atoms with Crippen molar-refractivity contribution in [2.45, 2.75) is 26.3 Å². The molecule has 4 nitrogen and oxygen atoms in total. The molecule has 0 bridgehead atoms. The van der Waals surface area contributed by atoms with Crippen LogP contribution in [0.2, 0.25) is 0 Å². The molecule has 0 saturated heterocycles. The predicted octanol–water partition coefficient (Wildman–Crippen LogP) is 2.61. The maximum absolute atomic E-state index is 5.66. The van der Waals surface area contributed by atoms with Gasteiger partial charge in [-0.3, -0.25) is 4.68 Å². The molecule has 0 saturated carbocycles. The quantitative estimate of drug-likeness (QED) is 0.755. The molecular formula is C10H12ClN3O. The Morgan fingerprint density at radius 1 is 1.53 bits per heavy atom. The van der Waals surface area contributed by atoms with Gasteiger partial charge in [-0.1, -0.05) is 5.16 Å². The van der Waals surface area contributed by atoms with E-state index in [2.05, 4.69) is 10.3 Å². The first-order valence-corrected chi connectivity index (χ1v) is 5.34. The van der Waals surface area contributed by atoms with Crippen molar-refractivity contribution in [1.82, 2.24) is 14.9 Å². The molecule has 0 atom stereocenters. The summed E-state index contributed by atoms with van der Waals surface area (Å²) < 4.78 is 7.06. The van der Waals surface area contributed by atoms with Crippen molar-refractivity contribution in [3.05, 3.63) is 23.7 Å². The zero-order chi connectivity index (χ0) is 10.8. The lowest BCUT2D eigenvalue weighted by Gasteiger charge is -1.89. The van der Waals surface area contributed by atoms with Gasteiger partial charge in [0.25, 0.3) is 0 Å². The van der Waals surface area contributed by atoms with Gasteiger partial charge in [0.1, 0.15) is 0 Å². The molecule has 2 aromatic rings. The molecule has 5 heteroatoms. The van der Waals surface area contributed by atoms with E-state index in [-0.39, 0.29) is 0 Å². The van der Waals surface area contributed by atoms with Crippen molar-refractivity contribution in [1.29, 1.82) is 0 Å². The second-order valence-corrected chi connectivity index (χ2v) is 3.57. The average Bonchev–Trinajstić information content (AvgIpc) is 2.83. The Bertz CT molecular complexity index is 461. The van der Waals surface area contributed by atoms with E-state index in [1.165, 1.54) is 0 Å². The lowest BCUT2D eigenvalue weighted by Crippen LogP contribution is -1.93. The first-order valence-electron chi connectivity index (χ1n) is 4.80. The number of aromatic nitrogens is 3. The summed E-state index contributed by atoms with van der Waals surface area (Å²) in [5.41, 5.74) is 2.66. The minimum absolute atomic E-state index is 0.366. The van der Waals surface area contributed by atoms with Crippen molar-refractivity contribution in [3.63, 3.8) is 0 Å². The summed E-state index contributed by atoms with van der Waals surface area (Å²) in [5.74, 6) is 1.09. The predicted molar refractivity (Wildman–Crippen MR) is 57.7 cm³/mol. The molecule has 0 radical (unpaired) electrons. The Kier molecular flexibility index (Phi) is 2.77. The smallest absolute Gasteiger partial charge is 0.170 e. The Morgan fingerprint density at radius 2 is 2.33 bits per heavy atom. The molecule has 2 heterocycles. The number of hydrogen-bond donors (Lipinski definition) is 0. The zero-order valence-corrected chi connectivity index (χ0v) is 9.45. The second kappa shape index (κ2) is 4.06. The summed E-state index contributed by atoms with van der Waals surface area (Å²) >= 11 is 5.66. The minimum Gasteiger partial charge on any atom is -0.356 e. The molecule has 0 aliphatic carbocycles. The standard InChI is InChI=1S/C10H12ClN3O/c1-3-14-6-9(7(2)12-14)10-4-8(5-11)13-15-10/h4,6H,3,5H2,1-2H3. The first-order chi connectivity index (χ1) is 7.24. The topological polar surface area (TPSA) is 43.9 Å². The third-order valence-corrected chi connectivity index (χ3v) is 2.51. The summed E-state index contributed by atoms with van der Waals surface area (Å²) in [4.78, 5) is 0. The minimum atomic E-state index is 0.366. The van der Waals surface area contributed by atoms with E-state index >= 15 is 0 Å². The molecule has 0 aliphatic heterocycles. The van der Waals surface area contributed by atoms with E-state index in [0.29, 0.717) is 5.88 Å². The van der Waals surface area contributed by atoms with Crippen LogP contribution >= 0.6 is 11.6 Å². The Hall–Kier alpha value is -1.29. The van der Waals surface area contributed by atoms with Crippen LogP contribution in [0.1, 0.15) is 18.3 Å². The van der Waals surface area contributed by atoms with Crippen LogP contribution in [-0.4, -0.2) is 14.9 Å². The van der Waals surface area contributed by atoms with Gasteiger partial charge in [-0.05, 0) is 13.8 Å². The van der Waals surface area contributed by atoms with E-state index in [9.17, 15) is 0 Å². The van der Waals surface area contributed by atoms with Crippen LogP contribution in [0.5, 0.6) is 0 Å². The van der Waals surface area contributed by atoms with Gasteiger partial charge in [0.2, 0.25) is 0 Å². The number of aryl methyl sites for hydroxylation is 2. The van der Waals surface area contributed by atoms with Crippen molar-refractivity contribution < 1.29 is 4.52 Å². The van der Waals surface area contributed by atoms with Gasteiger partial charge < -0.3 is 4.52 Å². The van der Waals surface area contributed by atoms with Crippen molar-refractivity contribution in [2.75, 3.05) is 0 Å². The summed E-state index contributed by atoms with van der Waals surface area (Å²) in [7, 11) is 0. The summed E-state index contributed by atoms with van der Waals surface area (Å²) in [5, 5.41) is 8.18. The van der Waals surface area contributed by atoms with Crippen LogP contribution < -0.4 is 0 Å². The number of halogens is 1. The maximum atomic E-state index is 5.66. The summed E-state index contributed by atoms with van der Waals surface area (Å²) in [6.07, 6.45) is 1.95. The molecule has 2 aromatic heterocycles. The first kappa shape index (κ1) is 10.2. The molecule has 0 amide bonds. The number of nitrogens with zero attached hydrogens (tertiary/aromatic N) is 3. The van der Waals surface area contributed by atoms with Crippen LogP contribution in [0.25, 0.3) is 11.3 Å². The largest absolute Gasteiger partial charge is 0.356 e. The highest BCUT2D eigenvalue weighted by Gasteiger charge is 2.11. The molecule has 0 spiro atoms. The highest BCUT2D eigenvalue weighted by molar-refractivity contribution is 6.16. The van der Waals surface area contributed by atoms with Crippen molar-refractivity contribution >= 4 is 11.6 Å². The van der Waals surface area contributed by atoms with E-state index in [4.69, 9.17) is 16.1 Å². The van der Waals surface area contributed by atoms with Crippen LogP contribution in [0.3, 0.4) is 0 Å². The van der Waals surface area contributed by atoms with Crippen LogP contribution in [-0.2, 0) is 12.4 Å². The molecule has 2 rings (SSSR count). The number of rotatable bonds is 3. The SMILES string of the molecule is CCn1cc(-c2cc(CCl)no2)c(C)n1. The lowest BCUT2D eigenvalue weighted by atomic mass is 10.2. The second-order valence-electron chi connectivity index (χ2n) is 3.30. The molecule has 0 N–H and O–H groups in total. The van der Waals surface area contributed by atoms with Gasteiger partial charge in [0.15, 0.2) is 5.76 Å². The third-order valence-electron chi connectivity index (χ3n) is 2.23. The third kappa shape index (κ3) is 1.90. The lowest BCUT2D eigenvalue weighted by molar-refractivity contribution is 0.426. The van der Waals surface area contributed by atoms with Gasteiger partial charge in [-0.2, -0.15) is 5.10 Å². The highest BCUT2D eigenvalue weighted by atomic mass is 35.5. The zero-order valence-electron chi connectivity index (χ0n) is 8.70. The fraction of sp³-hybridized carbons (Fsp3) is 0.400. The van der Waals surface area contributed by atoms with Crippen LogP contribution in [0.15, 0.2) is 16.8 Å². The van der Waals surface area contributed by atoms with Gasteiger partial charge in [-0.25, -0.2) is 0 Å². The summed E-state index contributed by atoms with van der Waals surface area (Å²) in [6, 6.07) is 1.84. The summed E-state index contributed by atoms with van der Waals surface area (Å²) in [6.45, 7) is 4.84. The molecule has 80 valence electrons. The molecule has 0 fully saturated rings. The van der Waals surface area contributed by atoms with Gasteiger partial charge in [0.05, 0.1) is 22.8 Å². The number of hydrogen-bond acceptors (Lipinski definition) is 3. The fourth-order valence-electron chi connectivity index (χ4n) is 1.42. The Morgan fingerprint density at radius 3 is 2.87 bits per heavy atom. The highest BCUT2D eigenvalue weighted by Crippen LogP contribution is 2.23. The monoisotopic (exact) mass is 225 g/mol. The fourth-order valence-corrected chi connectivity index (χ4v) is 1.55. The van der Waals surface area contributed by atoms with Crippen molar-refractivity contribution in [2.24, 2.45) is 0 Å². The molecular weight excluding hydrogens is 214 g/mol. The van der Waals surface area contributed by atoms with Gasteiger partial charge in [-0.15, -0.1) is 11.6 Å². The van der Waals surface area contributed by atoms with E-state index in [1.807, 2.05) is 30.8 Å². The van der Waals surface area contributed by atoms with Crippen LogP contribution in [0.4, 0.5) is 0 Å². The Labute approximate surface area is 92.8 Å². The van der Waals surface area contributed by atoms with Crippen LogP contribution in [0, 0.1) is 6.92 Å². The van der Waals surface area contributed by atoms with Gasteiger partial charge in [0, 0.05) is 18.8 Å². The molecule has 0 unspecified atom stereocenters. The molecule has 15 heavy (non-hydrogen) atoms. The van der Waals surface area contributed by atoms with E-state index in [0.717, 1.165) is 29.3 Å². The normalized spacial score (nSPS) is 10.9. The van der Waals surface area contributed by atoms with Crippen molar-refractivity contribution in [3.8, 4) is 11.3 Å². The molecule has 0 aliphatic rings. The number of alkyl halides is 1. The van der Waals surface area contributed by atoms with E-state index < -0.39 is 0 Å². The Balaban J connectivity index is 2.39.